The molecule has 2 aromatic heterocycles. The Morgan fingerprint density at radius 3 is 2.38 bits per heavy atom. The molecule has 0 N–H and O–H groups in total. The molecule has 148 valence electrons. The monoisotopic (exact) mass is 425 g/mol. The minimum absolute atomic E-state index is 0.533. The van der Waals surface area contributed by atoms with Gasteiger partial charge in [-0.1, -0.05) is 23.7 Å². The minimum atomic E-state index is 0.533. The number of thiazole rings is 1. The number of benzene rings is 2. The van der Waals surface area contributed by atoms with Crippen molar-refractivity contribution < 1.29 is 4.42 Å². The Kier molecular flexibility index (Phi) is 5.28. The molecule has 29 heavy (non-hydrogen) atoms. The third-order valence-electron chi connectivity index (χ3n) is 5.08. The second-order valence-corrected chi connectivity index (χ2v) is 8.69. The Hall–Kier alpha value is -2.32. The molecule has 0 radical (unpaired) electrons. The summed E-state index contributed by atoms with van der Waals surface area (Å²) in [7, 11) is 0. The molecule has 0 unspecified atom stereocenters. The van der Waals surface area contributed by atoms with E-state index >= 15 is 0 Å². The van der Waals surface area contributed by atoms with Gasteiger partial charge in [0.2, 0.25) is 11.8 Å². The van der Waals surface area contributed by atoms with Crippen molar-refractivity contribution in [3.8, 4) is 11.5 Å². The topological polar surface area (TPSA) is 58.3 Å². The van der Waals surface area contributed by atoms with E-state index in [9.17, 15) is 0 Å². The maximum atomic E-state index is 5.94. The second kappa shape index (κ2) is 8.20. The van der Waals surface area contributed by atoms with Crippen molar-refractivity contribution in [3.05, 3.63) is 64.5 Å². The van der Waals surface area contributed by atoms with Crippen molar-refractivity contribution in [1.82, 2.24) is 25.0 Å². The highest BCUT2D eigenvalue weighted by Crippen LogP contribution is 2.24. The average molecular weight is 426 g/mol. The first-order valence-corrected chi connectivity index (χ1v) is 10.8. The van der Waals surface area contributed by atoms with Gasteiger partial charge in [0.15, 0.2) is 0 Å². The van der Waals surface area contributed by atoms with E-state index in [1.165, 1.54) is 9.71 Å². The van der Waals surface area contributed by atoms with Gasteiger partial charge in [0.25, 0.3) is 0 Å². The van der Waals surface area contributed by atoms with Crippen LogP contribution in [0, 0.1) is 0 Å². The Labute approximate surface area is 177 Å². The lowest BCUT2D eigenvalue weighted by Crippen LogP contribution is -2.45. The number of nitrogens with zero attached hydrogens (tertiary/aromatic N) is 5. The van der Waals surface area contributed by atoms with E-state index in [0.29, 0.717) is 23.3 Å². The van der Waals surface area contributed by atoms with Gasteiger partial charge in [0.1, 0.15) is 5.01 Å². The summed E-state index contributed by atoms with van der Waals surface area (Å²) in [5.41, 5.74) is 1.98. The lowest BCUT2D eigenvalue weighted by molar-refractivity contribution is 0.114. The predicted octanol–water partition coefficient (Wildman–Crippen LogP) is 4.32. The zero-order valence-corrected chi connectivity index (χ0v) is 17.4. The van der Waals surface area contributed by atoms with Gasteiger partial charge >= 0.3 is 0 Å². The van der Waals surface area contributed by atoms with Crippen LogP contribution in [0.4, 0.5) is 0 Å². The van der Waals surface area contributed by atoms with Crippen LogP contribution in [0.5, 0.6) is 0 Å². The lowest BCUT2D eigenvalue weighted by Gasteiger charge is -2.33. The molecule has 2 aromatic carbocycles. The standard InChI is InChI=1S/C21H20ClN5OS/c22-16-7-5-15(6-8-16)21-25-24-19(28-21)13-26-9-11-27(12-10-26)14-20-23-17-3-1-2-4-18(17)29-20/h1-8H,9-14H2. The number of fused-ring (bicyclic) bond motifs is 1. The molecular formula is C21H20ClN5OS. The first-order valence-electron chi connectivity index (χ1n) is 9.60. The van der Waals surface area contributed by atoms with Crippen molar-refractivity contribution in [3.63, 3.8) is 0 Å². The number of hydrogen-bond donors (Lipinski definition) is 0. The zero-order valence-electron chi connectivity index (χ0n) is 15.8. The van der Waals surface area contributed by atoms with Crippen molar-refractivity contribution in [2.24, 2.45) is 0 Å². The van der Waals surface area contributed by atoms with E-state index in [1.54, 1.807) is 11.3 Å². The molecule has 0 bridgehead atoms. The highest BCUT2D eigenvalue weighted by atomic mass is 35.5. The highest BCUT2D eigenvalue weighted by molar-refractivity contribution is 7.18. The number of piperazine rings is 1. The number of halogens is 1. The highest BCUT2D eigenvalue weighted by Gasteiger charge is 2.20. The number of aromatic nitrogens is 3. The SMILES string of the molecule is Clc1ccc(-c2nnc(CN3CCN(Cc4nc5ccccc5s4)CC3)o2)cc1. The number of rotatable bonds is 5. The molecule has 1 aliphatic heterocycles. The molecule has 1 aliphatic rings. The largest absolute Gasteiger partial charge is 0.419 e. The summed E-state index contributed by atoms with van der Waals surface area (Å²) in [5.74, 6) is 1.18. The summed E-state index contributed by atoms with van der Waals surface area (Å²) >= 11 is 7.72. The summed E-state index contributed by atoms with van der Waals surface area (Å²) < 4.78 is 7.10. The van der Waals surface area contributed by atoms with Crippen LogP contribution in [0.3, 0.4) is 0 Å². The van der Waals surface area contributed by atoms with Crippen molar-refractivity contribution >= 4 is 33.2 Å². The van der Waals surface area contributed by atoms with Gasteiger partial charge < -0.3 is 4.42 Å². The maximum absolute atomic E-state index is 5.94. The van der Waals surface area contributed by atoms with E-state index in [1.807, 2.05) is 30.3 Å². The number of para-hydroxylation sites is 1. The Morgan fingerprint density at radius 1 is 0.897 bits per heavy atom. The Balaban J connectivity index is 1.15. The van der Waals surface area contributed by atoms with Crippen LogP contribution in [0.25, 0.3) is 21.7 Å². The first-order chi connectivity index (χ1) is 14.2. The second-order valence-electron chi connectivity index (χ2n) is 7.14. The van der Waals surface area contributed by atoms with E-state index in [0.717, 1.165) is 43.8 Å². The van der Waals surface area contributed by atoms with Crippen LogP contribution < -0.4 is 0 Å². The summed E-state index contributed by atoms with van der Waals surface area (Å²) in [5, 5.41) is 10.3. The maximum Gasteiger partial charge on any atom is 0.247 e. The molecular weight excluding hydrogens is 406 g/mol. The van der Waals surface area contributed by atoms with Crippen LogP contribution in [0.1, 0.15) is 10.9 Å². The Morgan fingerprint density at radius 2 is 1.62 bits per heavy atom. The molecule has 1 fully saturated rings. The van der Waals surface area contributed by atoms with Gasteiger partial charge in [-0.25, -0.2) is 4.98 Å². The van der Waals surface area contributed by atoms with Crippen LogP contribution >= 0.6 is 22.9 Å². The molecule has 6 nitrogen and oxygen atoms in total. The van der Waals surface area contributed by atoms with Crippen LogP contribution in [0.15, 0.2) is 52.9 Å². The molecule has 5 rings (SSSR count). The van der Waals surface area contributed by atoms with Gasteiger partial charge in [-0.05, 0) is 36.4 Å². The summed E-state index contributed by atoms with van der Waals surface area (Å²) in [6.45, 7) is 5.55. The van der Waals surface area contributed by atoms with Gasteiger partial charge in [-0.2, -0.15) is 0 Å². The summed E-state index contributed by atoms with van der Waals surface area (Å²) in [6.07, 6.45) is 0. The fourth-order valence-corrected chi connectivity index (χ4v) is 4.64. The molecule has 1 saturated heterocycles. The molecule has 0 atom stereocenters. The van der Waals surface area contributed by atoms with Gasteiger partial charge in [-0.15, -0.1) is 21.5 Å². The predicted molar refractivity (Wildman–Crippen MR) is 115 cm³/mol. The van der Waals surface area contributed by atoms with Gasteiger partial charge in [0.05, 0.1) is 23.3 Å². The molecule has 0 amide bonds. The third-order valence-corrected chi connectivity index (χ3v) is 6.35. The van der Waals surface area contributed by atoms with E-state index < -0.39 is 0 Å². The normalized spacial score (nSPS) is 15.9. The van der Waals surface area contributed by atoms with E-state index in [-0.39, 0.29) is 0 Å². The molecule has 0 spiro atoms. The Bertz CT molecular complexity index is 1070. The lowest BCUT2D eigenvalue weighted by atomic mass is 10.2. The van der Waals surface area contributed by atoms with Crippen LogP contribution in [0.2, 0.25) is 5.02 Å². The fourth-order valence-electron chi connectivity index (χ4n) is 3.50. The smallest absolute Gasteiger partial charge is 0.247 e. The van der Waals surface area contributed by atoms with Crippen molar-refractivity contribution in [2.45, 2.75) is 13.1 Å². The molecule has 8 heteroatoms. The third kappa shape index (κ3) is 4.33. The first kappa shape index (κ1) is 18.7. The van der Waals surface area contributed by atoms with E-state index in [2.05, 4.69) is 38.2 Å². The van der Waals surface area contributed by atoms with Crippen molar-refractivity contribution in [1.29, 1.82) is 0 Å². The van der Waals surface area contributed by atoms with Crippen LogP contribution in [-0.2, 0) is 13.1 Å². The van der Waals surface area contributed by atoms with Gasteiger partial charge in [0, 0.05) is 36.8 Å². The average Bonchev–Trinajstić information content (AvgIpc) is 3.36. The van der Waals surface area contributed by atoms with Gasteiger partial charge in [-0.3, -0.25) is 9.80 Å². The molecule has 3 heterocycles. The van der Waals surface area contributed by atoms with Crippen molar-refractivity contribution in [2.75, 3.05) is 26.2 Å². The minimum Gasteiger partial charge on any atom is -0.419 e. The summed E-state index contributed by atoms with van der Waals surface area (Å²) in [6, 6.07) is 15.8. The quantitative estimate of drug-likeness (QED) is 0.474. The summed E-state index contributed by atoms with van der Waals surface area (Å²) in [4.78, 5) is 9.57. The van der Waals surface area contributed by atoms with Crippen LogP contribution in [-0.4, -0.2) is 51.2 Å². The molecule has 0 aliphatic carbocycles. The molecule has 4 aromatic rings. The zero-order chi connectivity index (χ0) is 19.6. The fraction of sp³-hybridized carbons (Fsp3) is 0.286. The van der Waals surface area contributed by atoms with E-state index in [4.69, 9.17) is 21.0 Å². The molecule has 0 saturated carbocycles. The number of hydrogen-bond acceptors (Lipinski definition) is 7.